The molecule has 2 aromatic rings. The summed E-state index contributed by atoms with van der Waals surface area (Å²) in [6.45, 7) is 3.53. The molecular formula is C19H25NO2. The van der Waals surface area contributed by atoms with Crippen molar-refractivity contribution in [2.75, 3.05) is 32.8 Å². The Labute approximate surface area is 133 Å². The summed E-state index contributed by atoms with van der Waals surface area (Å²) in [5.41, 5.74) is 4.77. The number of hydrogen-bond donors (Lipinski definition) is 1. The molecule has 0 atom stereocenters. The molecule has 0 amide bonds. The second kappa shape index (κ2) is 8.57. The number of anilines is 2. The third kappa shape index (κ3) is 5.17. The summed E-state index contributed by atoms with van der Waals surface area (Å²) in [7, 11) is 3.47. The van der Waals surface area contributed by atoms with Gasteiger partial charge in [-0.3, -0.25) is 0 Å². The SMILES string of the molecule is COCC(COC)Cc1ccc(Nc2ccc(C)cc2)cc1. The standard InChI is InChI=1S/C19H25NO2/c1-15-4-8-18(9-5-15)20-19-10-6-16(7-11-19)12-17(13-21-2)14-22-3/h4-11,17,20H,12-14H2,1-3H3. The van der Waals surface area contributed by atoms with Gasteiger partial charge in [0.05, 0.1) is 13.2 Å². The molecule has 0 bridgehead atoms. The van der Waals surface area contributed by atoms with Gasteiger partial charge < -0.3 is 14.8 Å². The molecule has 0 heterocycles. The van der Waals surface area contributed by atoms with E-state index >= 15 is 0 Å². The van der Waals surface area contributed by atoms with Crippen LogP contribution in [0.2, 0.25) is 0 Å². The highest BCUT2D eigenvalue weighted by molar-refractivity contribution is 5.60. The Morgan fingerprint density at radius 1 is 0.818 bits per heavy atom. The zero-order valence-electron chi connectivity index (χ0n) is 13.6. The Hall–Kier alpha value is -1.84. The van der Waals surface area contributed by atoms with Crippen molar-refractivity contribution in [3.05, 3.63) is 59.7 Å². The lowest BCUT2D eigenvalue weighted by Gasteiger charge is -2.15. The zero-order valence-corrected chi connectivity index (χ0v) is 13.6. The van der Waals surface area contributed by atoms with Crippen LogP contribution in [0, 0.1) is 12.8 Å². The van der Waals surface area contributed by atoms with Gasteiger partial charge in [0.1, 0.15) is 0 Å². The molecule has 0 unspecified atom stereocenters. The molecule has 2 rings (SSSR count). The van der Waals surface area contributed by atoms with Gasteiger partial charge in [-0.1, -0.05) is 29.8 Å². The van der Waals surface area contributed by atoms with Crippen LogP contribution >= 0.6 is 0 Å². The van der Waals surface area contributed by atoms with Crippen molar-refractivity contribution in [1.82, 2.24) is 0 Å². The maximum absolute atomic E-state index is 5.25. The van der Waals surface area contributed by atoms with E-state index in [0.29, 0.717) is 5.92 Å². The third-order valence-corrected chi connectivity index (χ3v) is 3.62. The lowest BCUT2D eigenvalue weighted by Crippen LogP contribution is -2.17. The number of ether oxygens (including phenoxy) is 2. The van der Waals surface area contributed by atoms with Crippen molar-refractivity contribution < 1.29 is 9.47 Å². The predicted molar refractivity (Wildman–Crippen MR) is 91.8 cm³/mol. The molecule has 0 spiro atoms. The maximum atomic E-state index is 5.25. The van der Waals surface area contributed by atoms with Crippen LogP contribution < -0.4 is 5.32 Å². The summed E-state index contributed by atoms with van der Waals surface area (Å²) in [4.78, 5) is 0. The third-order valence-electron chi connectivity index (χ3n) is 3.62. The van der Waals surface area contributed by atoms with Gasteiger partial charge in [0.25, 0.3) is 0 Å². The first-order valence-corrected chi connectivity index (χ1v) is 7.61. The molecule has 0 saturated carbocycles. The number of methoxy groups -OCH3 is 2. The summed E-state index contributed by atoms with van der Waals surface area (Å²) in [6.07, 6.45) is 0.965. The Bertz CT molecular complexity index is 543. The van der Waals surface area contributed by atoms with Gasteiger partial charge in [-0.2, -0.15) is 0 Å². The quantitative estimate of drug-likeness (QED) is 0.793. The van der Waals surface area contributed by atoms with Crippen LogP contribution in [0.5, 0.6) is 0 Å². The minimum absolute atomic E-state index is 0.394. The minimum Gasteiger partial charge on any atom is -0.384 e. The van der Waals surface area contributed by atoms with Gasteiger partial charge >= 0.3 is 0 Å². The summed E-state index contributed by atoms with van der Waals surface area (Å²) in [5, 5.41) is 3.41. The van der Waals surface area contributed by atoms with E-state index < -0.39 is 0 Å². The molecule has 22 heavy (non-hydrogen) atoms. The Morgan fingerprint density at radius 2 is 1.32 bits per heavy atom. The minimum atomic E-state index is 0.394. The average Bonchev–Trinajstić information content (AvgIpc) is 2.52. The number of aryl methyl sites for hydroxylation is 1. The summed E-state index contributed by atoms with van der Waals surface area (Å²) >= 11 is 0. The van der Waals surface area contributed by atoms with Crippen LogP contribution in [0.4, 0.5) is 11.4 Å². The van der Waals surface area contributed by atoms with E-state index in [1.807, 2.05) is 0 Å². The molecule has 2 aromatic carbocycles. The molecule has 0 fully saturated rings. The van der Waals surface area contributed by atoms with Gasteiger partial charge in [0.15, 0.2) is 0 Å². The van der Waals surface area contributed by atoms with Crippen LogP contribution in [0.1, 0.15) is 11.1 Å². The van der Waals surface area contributed by atoms with Gasteiger partial charge in [-0.05, 0) is 43.2 Å². The maximum Gasteiger partial charge on any atom is 0.0515 e. The fraction of sp³-hybridized carbons (Fsp3) is 0.368. The largest absolute Gasteiger partial charge is 0.384 e. The monoisotopic (exact) mass is 299 g/mol. The molecule has 3 nitrogen and oxygen atoms in total. The number of hydrogen-bond acceptors (Lipinski definition) is 3. The van der Waals surface area contributed by atoms with Crippen LogP contribution in [-0.2, 0) is 15.9 Å². The second-order valence-corrected chi connectivity index (χ2v) is 5.67. The van der Waals surface area contributed by atoms with Crippen LogP contribution in [0.3, 0.4) is 0 Å². The first-order chi connectivity index (χ1) is 10.7. The molecule has 0 aliphatic carbocycles. The van der Waals surface area contributed by atoms with E-state index in [0.717, 1.165) is 31.0 Å². The van der Waals surface area contributed by atoms with Crippen molar-refractivity contribution in [1.29, 1.82) is 0 Å². The van der Waals surface area contributed by atoms with Crippen LogP contribution in [0.25, 0.3) is 0 Å². The van der Waals surface area contributed by atoms with Crippen molar-refractivity contribution in [2.45, 2.75) is 13.3 Å². The Morgan fingerprint density at radius 3 is 1.82 bits per heavy atom. The molecule has 0 aliphatic rings. The van der Waals surface area contributed by atoms with Gasteiger partial charge in [0.2, 0.25) is 0 Å². The van der Waals surface area contributed by atoms with E-state index in [4.69, 9.17) is 9.47 Å². The highest BCUT2D eigenvalue weighted by Gasteiger charge is 2.09. The fourth-order valence-corrected chi connectivity index (χ4v) is 2.50. The molecule has 0 aromatic heterocycles. The van der Waals surface area contributed by atoms with Crippen molar-refractivity contribution in [3.8, 4) is 0 Å². The van der Waals surface area contributed by atoms with Crippen molar-refractivity contribution >= 4 is 11.4 Å². The second-order valence-electron chi connectivity index (χ2n) is 5.67. The Kier molecular flexibility index (Phi) is 6.44. The van der Waals surface area contributed by atoms with Crippen molar-refractivity contribution in [3.63, 3.8) is 0 Å². The first-order valence-electron chi connectivity index (χ1n) is 7.61. The lowest BCUT2D eigenvalue weighted by molar-refractivity contribution is 0.0848. The molecule has 1 N–H and O–H groups in total. The van der Waals surface area contributed by atoms with Gasteiger partial charge in [-0.25, -0.2) is 0 Å². The van der Waals surface area contributed by atoms with E-state index in [1.165, 1.54) is 11.1 Å². The number of benzene rings is 2. The summed E-state index contributed by atoms with van der Waals surface area (Å²) in [6, 6.07) is 17.0. The Balaban J connectivity index is 1.95. The van der Waals surface area contributed by atoms with E-state index in [2.05, 4.69) is 60.8 Å². The van der Waals surface area contributed by atoms with Crippen molar-refractivity contribution in [2.24, 2.45) is 5.92 Å². The highest BCUT2D eigenvalue weighted by atomic mass is 16.5. The highest BCUT2D eigenvalue weighted by Crippen LogP contribution is 2.19. The predicted octanol–water partition coefficient (Wildman–Crippen LogP) is 4.19. The smallest absolute Gasteiger partial charge is 0.0515 e. The van der Waals surface area contributed by atoms with Crippen LogP contribution in [0.15, 0.2) is 48.5 Å². The first kappa shape index (κ1) is 16.5. The lowest BCUT2D eigenvalue weighted by atomic mass is 10.0. The molecular weight excluding hydrogens is 274 g/mol. The number of rotatable bonds is 8. The normalized spacial score (nSPS) is 10.9. The molecule has 0 saturated heterocycles. The number of nitrogens with one attached hydrogen (secondary N) is 1. The van der Waals surface area contributed by atoms with Crippen LogP contribution in [-0.4, -0.2) is 27.4 Å². The fourth-order valence-electron chi connectivity index (χ4n) is 2.50. The van der Waals surface area contributed by atoms with Gasteiger partial charge in [-0.15, -0.1) is 0 Å². The molecule has 3 heteroatoms. The van der Waals surface area contributed by atoms with E-state index in [-0.39, 0.29) is 0 Å². The average molecular weight is 299 g/mol. The van der Waals surface area contributed by atoms with Gasteiger partial charge in [0, 0.05) is 31.5 Å². The molecule has 0 aliphatic heterocycles. The summed E-state index contributed by atoms with van der Waals surface area (Å²) < 4.78 is 10.5. The van der Waals surface area contributed by atoms with E-state index in [1.54, 1.807) is 14.2 Å². The molecule has 0 radical (unpaired) electrons. The topological polar surface area (TPSA) is 30.5 Å². The summed E-state index contributed by atoms with van der Waals surface area (Å²) in [5.74, 6) is 0.394. The zero-order chi connectivity index (χ0) is 15.8. The molecule has 118 valence electrons. The van der Waals surface area contributed by atoms with E-state index in [9.17, 15) is 0 Å².